The number of carbonyl (C=O) groups is 1. The molecule has 0 unspecified atom stereocenters. The number of ether oxygens (including phenoxy) is 1. The number of aromatic nitrogens is 1. The SMILES string of the molecule is COc1ccc2c(c1)CCN(Cc1csc(NC(=O)c3ccc(C)cc3)n1)C2. The second-order valence-electron chi connectivity index (χ2n) is 7.06. The quantitative estimate of drug-likeness (QED) is 0.703. The Kier molecular flexibility index (Phi) is 5.41. The molecule has 28 heavy (non-hydrogen) atoms. The van der Waals surface area contributed by atoms with Gasteiger partial charge in [0.25, 0.3) is 5.91 Å². The number of carbonyl (C=O) groups excluding carboxylic acids is 1. The molecule has 4 rings (SSSR count). The molecule has 1 aliphatic rings. The molecule has 1 aromatic heterocycles. The first kappa shape index (κ1) is 18.7. The van der Waals surface area contributed by atoms with Gasteiger partial charge in [0.15, 0.2) is 5.13 Å². The second kappa shape index (κ2) is 8.12. The maximum Gasteiger partial charge on any atom is 0.257 e. The third-order valence-corrected chi connectivity index (χ3v) is 5.78. The number of amides is 1. The molecule has 0 aliphatic carbocycles. The van der Waals surface area contributed by atoms with Gasteiger partial charge >= 0.3 is 0 Å². The molecule has 6 heteroatoms. The molecular weight excluding hydrogens is 370 g/mol. The summed E-state index contributed by atoms with van der Waals surface area (Å²) in [7, 11) is 1.70. The van der Waals surface area contributed by atoms with Crippen molar-refractivity contribution in [1.29, 1.82) is 0 Å². The van der Waals surface area contributed by atoms with Crippen LogP contribution in [0.3, 0.4) is 0 Å². The molecule has 1 N–H and O–H groups in total. The van der Waals surface area contributed by atoms with Crippen LogP contribution in [0.5, 0.6) is 5.75 Å². The summed E-state index contributed by atoms with van der Waals surface area (Å²) in [6, 6.07) is 13.8. The van der Waals surface area contributed by atoms with Crippen LogP contribution in [-0.4, -0.2) is 29.4 Å². The fourth-order valence-corrected chi connectivity index (χ4v) is 4.09. The first-order valence-corrected chi connectivity index (χ1v) is 10.2. The summed E-state index contributed by atoms with van der Waals surface area (Å²) in [6.07, 6.45) is 1.01. The molecule has 2 aromatic carbocycles. The predicted octanol–water partition coefficient (Wildman–Crippen LogP) is 4.27. The van der Waals surface area contributed by atoms with Crippen LogP contribution in [0.1, 0.15) is 32.7 Å². The second-order valence-corrected chi connectivity index (χ2v) is 7.92. The van der Waals surface area contributed by atoms with Gasteiger partial charge in [-0.05, 0) is 48.7 Å². The van der Waals surface area contributed by atoms with E-state index in [0.29, 0.717) is 10.7 Å². The van der Waals surface area contributed by atoms with E-state index < -0.39 is 0 Å². The summed E-state index contributed by atoms with van der Waals surface area (Å²) in [6.45, 7) is 4.68. The van der Waals surface area contributed by atoms with Gasteiger partial charge in [0.1, 0.15) is 5.75 Å². The fraction of sp³-hybridized carbons (Fsp3) is 0.273. The number of hydrogen-bond acceptors (Lipinski definition) is 5. The molecule has 0 fully saturated rings. The highest BCUT2D eigenvalue weighted by atomic mass is 32.1. The normalized spacial score (nSPS) is 13.8. The number of benzene rings is 2. The van der Waals surface area contributed by atoms with Gasteiger partial charge in [-0.1, -0.05) is 23.8 Å². The van der Waals surface area contributed by atoms with E-state index in [9.17, 15) is 4.79 Å². The van der Waals surface area contributed by atoms with E-state index in [1.807, 2.05) is 42.6 Å². The van der Waals surface area contributed by atoms with Crippen LogP contribution >= 0.6 is 11.3 Å². The topological polar surface area (TPSA) is 54.5 Å². The van der Waals surface area contributed by atoms with Gasteiger partial charge in [-0.25, -0.2) is 4.98 Å². The lowest BCUT2D eigenvalue weighted by Gasteiger charge is -2.28. The average Bonchev–Trinajstić information content (AvgIpc) is 3.14. The van der Waals surface area contributed by atoms with Crippen molar-refractivity contribution in [2.45, 2.75) is 26.4 Å². The fourth-order valence-electron chi connectivity index (χ4n) is 3.39. The van der Waals surface area contributed by atoms with Gasteiger partial charge < -0.3 is 4.74 Å². The Morgan fingerprint density at radius 1 is 1.21 bits per heavy atom. The Bertz CT molecular complexity index is 982. The van der Waals surface area contributed by atoms with Crippen molar-refractivity contribution < 1.29 is 9.53 Å². The molecule has 0 saturated carbocycles. The Hall–Kier alpha value is -2.70. The minimum absolute atomic E-state index is 0.123. The average molecular weight is 394 g/mol. The van der Waals surface area contributed by atoms with E-state index in [-0.39, 0.29) is 5.91 Å². The molecule has 3 aromatic rings. The lowest BCUT2D eigenvalue weighted by Crippen LogP contribution is -2.30. The monoisotopic (exact) mass is 393 g/mol. The molecule has 0 atom stereocenters. The zero-order chi connectivity index (χ0) is 19.5. The highest BCUT2D eigenvalue weighted by Gasteiger charge is 2.18. The number of nitrogens with one attached hydrogen (secondary N) is 1. The van der Waals surface area contributed by atoms with Crippen molar-refractivity contribution in [3.63, 3.8) is 0 Å². The molecular formula is C22H23N3O2S. The lowest BCUT2D eigenvalue weighted by molar-refractivity contribution is 0.102. The van der Waals surface area contributed by atoms with Crippen molar-refractivity contribution in [2.75, 3.05) is 19.0 Å². The Balaban J connectivity index is 1.37. The van der Waals surface area contributed by atoms with Gasteiger partial charge in [0.05, 0.1) is 12.8 Å². The van der Waals surface area contributed by atoms with Gasteiger partial charge in [-0.2, -0.15) is 0 Å². The largest absolute Gasteiger partial charge is 0.497 e. The van der Waals surface area contributed by atoms with E-state index in [1.165, 1.54) is 22.5 Å². The third-order valence-electron chi connectivity index (χ3n) is 4.98. The van der Waals surface area contributed by atoms with Gasteiger partial charge in [-0.3, -0.25) is 15.0 Å². The summed E-state index contributed by atoms with van der Waals surface area (Å²) >= 11 is 1.47. The molecule has 0 spiro atoms. The Morgan fingerprint density at radius 2 is 2.04 bits per heavy atom. The summed E-state index contributed by atoms with van der Waals surface area (Å²) in [5.41, 5.74) is 5.47. The number of methoxy groups -OCH3 is 1. The maximum atomic E-state index is 12.3. The highest BCUT2D eigenvalue weighted by Crippen LogP contribution is 2.25. The van der Waals surface area contributed by atoms with Crippen molar-refractivity contribution in [3.8, 4) is 5.75 Å². The molecule has 0 radical (unpaired) electrons. The minimum atomic E-state index is -0.123. The van der Waals surface area contributed by atoms with Crippen molar-refractivity contribution in [1.82, 2.24) is 9.88 Å². The molecule has 1 aliphatic heterocycles. The van der Waals surface area contributed by atoms with Gasteiger partial charge in [0, 0.05) is 30.6 Å². The molecule has 2 heterocycles. The number of rotatable bonds is 5. The predicted molar refractivity (Wildman–Crippen MR) is 112 cm³/mol. The Labute approximate surface area is 169 Å². The standard InChI is InChI=1S/C22H23N3O2S/c1-15-3-5-16(6-4-15)21(26)24-22-23-19(14-28-22)13-25-10-9-17-11-20(27-2)8-7-18(17)12-25/h3-8,11,14H,9-10,12-13H2,1-2H3,(H,23,24,26). The zero-order valence-corrected chi connectivity index (χ0v) is 16.9. The van der Waals surface area contributed by atoms with Crippen LogP contribution in [0.25, 0.3) is 0 Å². The number of hydrogen-bond donors (Lipinski definition) is 1. The molecule has 0 saturated heterocycles. The van der Waals surface area contributed by atoms with Crippen molar-refractivity contribution in [2.24, 2.45) is 0 Å². The van der Waals surface area contributed by atoms with Crippen LogP contribution < -0.4 is 10.1 Å². The van der Waals surface area contributed by atoms with Crippen LogP contribution in [0.15, 0.2) is 47.8 Å². The highest BCUT2D eigenvalue weighted by molar-refractivity contribution is 7.13. The van der Waals surface area contributed by atoms with Crippen molar-refractivity contribution >= 4 is 22.4 Å². The number of anilines is 1. The zero-order valence-electron chi connectivity index (χ0n) is 16.1. The number of fused-ring (bicyclic) bond motifs is 1. The van der Waals surface area contributed by atoms with E-state index in [4.69, 9.17) is 4.74 Å². The number of thiazole rings is 1. The summed E-state index contributed by atoms with van der Waals surface area (Å²) < 4.78 is 5.32. The molecule has 0 bridgehead atoms. The third kappa shape index (κ3) is 4.24. The maximum absolute atomic E-state index is 12.3. The Morgan fingerprint density at radius 3 is 2.82 bits per heavy atom. The number of nitrogens with zero attached hydrogens (tertiary/aromatic N) is 2. The van der Waals surface area contributed by atoms with Crippen LogP contribution in [-0.2, 0) is 19.5 Å². The first-order valence-electron chi connectivity index (χ1n) is 9.31. The van der Waals surface area contributed by atoms with E-state index in [2.05, 4.69) is 27.3 Å². The van der Waals surface area contributed by atoms with E-state index in [1.54, 1.807) is 7.11 Å². The van der Waals surface area contributed by atoms with E-state index >= 15 is 0 Å². The molecule has 144 valence electrons. The first-order chi connectivity index (χ1) is 13.6. The summed E-state index contributed by atoms with van der Waals surface area (Å²) in [5, 5.41) is 5.56. The lowest BCUT2D eigenvalue weighted by atomic mass is 9.99. The van der Waals surface area contributed by atoms with Crippen molar-refractivity contribution in [3.05, 3.63) is 75.8 Å². The number of aryl methyl sites for hydroxylation is 1. The van der Waals surface area contributed by atoms with Crippen LogP contribution in [0.2, 0.25) is 0 Å². The van der Waals surface area contributed by atoms with Gasteiger partial charge in [0.2, 0.25) is 0 Å². The van der Waals surface area contributed by atoms with Crippen LogP contribution in [0.4, 0.5) is 5.13 Å². The van der Waals surface area contributed by atoms with E-state index in [0.717, 1.165) is 43.1 Å². The molecule has 5 nitrogen and oxygen atoms in total. The van der Waals surface area contributed by atoms with Gasteiger partial charge in [-0.15, -0.1) is 11.3 Å². The molecule has 1 amide bonds. The summed E-state index contributed by atoms with van der Waals surface area (Å²) in [5.74, 6) is 0.794. The van der Waals surface area contributed by atoms with Crippen LogP contribution in [0, 0.1) is 6.92 Å². The minimum Gasteiger partial charge on any atom is -0.497 e. The summed E-state index contributed by atoms with van der Waals surface area (Å²) in [4.78, 5) is 19.3. The smallest absolute Gasteiger partial charge is 0.257 e.